The minimum Gasteiger partial charge on any atom is -0.307 e. The van der Waals surface area contributed by atoms with E-state index in [1.165, 1.54) is 12.1 Å². The Morgan fingerprint density at radius 2 is 0.672 bits per heavy atom. The first-order valence-electron chi connectivity index (χ1n) is 20.6. The maximum atomic E-state index is 15.9. The second-order valence-corrected chi connectivity index (χ2v) is 20.5. The van der Waals surface area contributed by atoms with Gasteiger partial charge in [0.05, 0.1) is 50.6 Å². The Labute approximate surface area is 354 Å². The molecule has 2 heterocycles. The van der Waals surface area contributed by atoms with E-state index in [1.54, 1.807) is 0 Å². The molecule has 6 aromatic carbocycles. The van der Waals surface area contributed by atoms with E-state index in [4.69, 9.17) is 0 Å². The Bertz CT molecular complexity index is 3010. The molecule has 61 heavy (non-hydrogen) atoms. The maximum absolute atomic E-state index is 15.9. The number of fused-ring (bicyclic) bond motifs is 6. The Hall–Kier alpha value is -5.94. The fourth-order valence-corrected chi connectivity index (χ4v) is 8.51. The van der Waals surface area contributed by atoms with E-state index >= 15 is 17.6 Å². The molecule has 0 radical (unpaired) electrons. The van der Waals surface area contributed by atoms with Crippen LogP contribution in [0.15, 0.2) is 84.9 Å². The van der Waals surface area contributed by atoms with Crippen molar-refractivity contribution < 1.29 is 22.0 Å². The van der Waals surface area contributed by atoms with Gasteiger partial charge in [-0.2, -0.15) is 5.26 Å². The van der Waals surface area contributed by atoms with E-state index in [0.717, 1.165) is 65.9 Å². The SMILES string of the molecule is CC(C)(C)c1ccc2c(c1)c1cc(C(C)(C)C)ccc1n2-c1cc(C#N)c(-c2c(F)c(F)c(F)c(F)c2F)cc1-n1c2ccc(C(C)(C)C)cc2c2cc(C(C)(C)C)ccc21. The maximum Gasteiger partial charge on any atom is 0.200 e. The van der Waals surface area contributed by atoms with Gasteiger partial charge in [-0.25, -0.2) is 22.0 Å². The van der Waals surface area contributed by atoms with Gasteiger partial charge in [0.25, 0.3) is 0 Å². The van der Waals surface area contributed by atoms with E-state index in [-0.39, 0.29) is 27.2 Å². The number of nitriles is 1. The van der Waals surface area contributed by atoms with Crippen molar-refractivity contribution in [2.24, 2.45) is 0 Å². The molecule has 0 saturated heterocycles. The monoisotopic (exact) mass is 823 g/mol. The molecular weight excluding hydrogens is 774 g/mol. The first-order valence-corrected chi connectivity index (χ1v) is 20.6. The van der Waals surface area contributed by atoms with E-state index < -0.39 is 40.2 Å². The second kappa shape index (κ2) is 13.8. The molecule has 8 rings (SSSR count). The lowest BCUT2D eigenvalue weighted by molar-refractivity contribution is 0.381. The molecule has 8 aromatic rings. The second-order valence-electron chi connectivity index (χ2n) is 20.5. The van der Waals surface area contributed by atoms with Gasteiger partial charge in [-0.1, -0.05) is 107 Å². The van der Waals surface area contributed by atoms with Crippen LogP contribution < -0.4 is 0 Å². The number of nitrogens with zero attached hydrogens (tertiary/aromatic N) is 3. The molecule has 0 amide bonds. The smallest absolute Gasteiger partial charge is 0.200 e. The Balaban J connectivity index is 1.61. The minimum absolute atomic E-state index is 0.181. The zero-order valence-electron chi connectivity index (χ0n) is 36.8. The summed E-state index contributed by atoms with van der Waals surface area (Å²) in [6.07, 6.45) is 0. The molecule has 0 N–H and O–H groups in total. The summed E-state index contributed by atoms with van der Waals surface area (Å²) in [6.45, 7) is 25.8. The summed E-state index contributed by atoms with van der Waals surface area (Å²) in [5, 5.41) is 14.5. The largest absolute Gasteiger partial charge is 0.307 e. The van der Waals surface area contributed by atoms with E-state index in [2.05, 4.69) is 150 Å². The fourth-order valence-electron chi connectivity index (χ4n) is 8.51. The normalized spacial score (nSPS) is 13.0. The molecular formula is C53H50F5N3. The van der Waals surface area contributed by atoms with E-state index in [9.17, 15) is 9.65 Å². The van der Waals surface area contributed by atoms with Crippen LogP contribution in [0, 0.1) is 40.4 Å². The van der Waals surface area contributed by atoms with Gasteiger partial charge in [0.1, 0.15) is 0 Å². The predicted octanol–water partition coefficient (Wildman–Crippen LogP) is 15.3. The molecule has 0 aliphatic carbocycles. The lowest BCUT2D eigenvalue weighted by Gasteiger charge is -2.22. The summed E-state index contributed by atoms with van der Waals surface area (Å²) >= 11 is 0. The summed E-state index contributed by atoms with van der Waals surface area (Å²) in [5.74, 6) is -10.5. The molecule has 312 valence electrons. The van der Waals surface area contributed by atoms with Crippen LogP contribution in [0.1, 0.15) is 111 Å². The molecule has 0 saturated carbocycles. The van der Waals surface area contributed by atoms with Crippen LogP contribution >= 0.6 is 0 Å². The highest BCUT2D eigenvalue weighted by Crippen LogP contribution is 2.45. The van der Waals surface area contributed by atoms with Crippen molar-refractivity contribution in [2.75, 3.05) is 0 Å². The van der Waals surface area contributed by atoms with Crippen LogP contribution in [0.4, 0.5) is 22.0 Å². The third kappa shape index (κ3) is 6.68. The topological polar surface area (TPSA) is 33.6 Å². The van der Waals surface area contributed by atoms with Gasteiger partial charge in [0, 0.05) is 27.1 Å². The number of halogens is 5. The lowest BCUT2D eigenvalue weighted by Crippen LogP contribution is -2.11. The van der Waals surface area contributed by atoms with Crippen LogP contribution in [0.2, 0.25) is 0 Å². The third-order valence-electron chi connectivity index (χ3n) is 12.2. The Kier molecular flexibility index (Phi) is 9.44. The van der Waals surface area contributed by atoms with E-state index in [0.29, 0.717) is 11.4 Å². The molecule has 3 nitrogen and oxygen atoms in total. The first-order chi connectivity index (χ1) is 28.3. The van der Waals surface area contributed by atoms with Crippen molar-refractivity contribution in [3.8, 4) is 28.6 Å². The van der Waals surface area contributed by atoms with Gasteiger partial charge in [-0.05, 0) is 105 Å². The molecule has 0 atom stereocenters. The highest BCUT2D eigenvalue weighted by atomic mass is 19.2. The summed E-state index contributed by atoms with van der Waals surface area (Å²) in [7, 11) is 0. The van der Waals surface area contributed by atoms with Crippen molar-refractivity contribution in [3.63, 3.8) is 0 Å². The number of hydrogen-bond donors (Lipinski definition) is 0. The molecule has 0 fully saturated rings. The van der Waals surface area contributed by atoms with Crippen LogP contribution in [-0.4, -0.2) is 9.13 Å². The van der Waals surface area contributed by atoms with Gasteiger partial charge >= 0.3 is 0 Å². The van der Waals surface area contributed by atoms with Crippen molar-refractivity contribution >= 4 is 43.6 Å². The van der Waals surface area contributed by atoms with Crippen molar-refractivity contribution in [1.29, 1.82) is 5.26 Å². The van der Waals surface area contributed by atoms with Gasteiger partial charge in [0.15, 0.2) is 23.3 Å². The Morgan fingerprint density at radius 1 is 0.393 bits per heavy atom. The zero-order valence-corrected chi connectivity index (χ0v) is 36.8. The number of hydrogen-bond acceptors (Lipinski definition) is 1. The predicted molar refractivity (Wildman–Crippen MR) is 240 cm³/mol. The number of rotatable bonds is 3. The lowest BCUT2D eigenvalue weighted by atomic mass is 9.85. The molecule has 0 unspecified atom stereocenters. The zero-order chi connectivity index (χ0) is 44.5. The average Bonchev–Trinajstić information content (AvgIpc) is 3.69. The Morgan fingerprint density at radius 3 is 0.951 bits per heavy atom. The highest BCUT2D eigenvalue weighted by Gasteiger charge is 2.31. The molecule has 0 aliphatic rings. The van der Waals surface area contributed by atoms with Crippen LogP contribution in [0.5, 0.6) is 0 Å². The molecule has 0 spiro atoms. The van der Waals surface area contributed by atoms with Gasteiger partial charge in [-0.3, -0.25) is 0 Å². The third-order valence-corrected chi connectivity index (χ3v) is 12.2. The van der Waals surface area contributed by atoms with Crippen LogP contribution in [-0.2, 0) is 21.7 Å². The summed E-state index contributed by atoms with van der Waals surface area (Å²) in [6, 6.07) is 30.1. The summed E-state index contributed by atoms with van der Waals surface area (Å²) < 4.78 is 80.4. The molecule has 0 bridgehead atoms. The number of aromatic nitrogens is 2. The molecule has 0 aliphatic heterocycles. The first kappa shape index (κ1) is 41.8. The summed E-state index contributed by atoms with van der Waals surface area (Å²) in [5.41, 5.74) is 5.80. The average molecular weight is 824 g/mol. The van der Waals surface area contributed by atoms with Crippen molar-refractivity contribution in [2.45, 2.75) is 105 Å². The molecule has 8 heteroatoms. The van der Waals surface area contributed by atoms with Crippen LogP contribution in [0.3, 0.4) is 0 Å². The van der Waals surface area contributed by atoms with Crippen molar-refractivity contribution in [3.05, 3.63) is 142 Å². The van der Waals surface area contributed by atoms with Crippen LogP contribution in [0.25, 0.3) is 66.1 Å². The van der Waals surface area contributed by atoms with Gasteiger partial charge < -0.3 is 9.13 Å². The highest BCUT2D eigenvalue weighted by molar-refractivity contribution is 6.12. The van der Waals surface area contributed by atoms with Crippen molar-refractivity contribution in [1.82, 2.24) is 9.13 Å². The fraction of sp³-hybridized carbons (Fsp3) is 0.302. The minimum atomic E-state index is -2.27. The van der Waals surface area contributed by atoms with Gasteiger partial charge in [0.2, 0.25) is 5.82 Å². The number of benzene rings is 6. The quantitative estimate of drug-likeness (QED) is 0.0993. The molecule has 2 aromatic heterocycles. The standard InChI is InChI=1S/C53H50F5N3/c1-50(2,3)29-13-17-38-34(22-29)35-23-30(51(4,5)6)14-18-39(35)60(38)42-21-28(27-59)33(44-45(54)47(56)49(58)48(57)46(44)55)26-43(42)61-40-19-15-31(52(7,8)9)24-36(40)37-25-32(53(10,11)12)16-20-41(37)61/h13-26H,1-12H3. The van der Waals surface area contributed by atoms with E-state index in [1.807, 2.05) is 21.3 Å². The van der Waals surface area contributed by atoms with Gasteiger partial charge in [-0.15, -0.1) is 0 Å². The summed E-state index contributed by atoms with van der Waals surface area (Å²) in [4.78, 5) is 0.